The second kappa shape index (κ2) is 5.72. The third-order valence-electron chi connectivity index (χ3n) is 3.13. The van der Waals surface area contributed by atoms with Gasteiger partial charge in [0, 0.05) is 13.1 Å². The number of nitrogens with zero attached hydrogens (tertiary/aromatic N) is 3. The highest BCUT2D eigenvalue weighted by Gasteiger charge is 2.12. The molecule has 2 N–H and O–H groups in total. The van der Waals surface area contributed by atoms with Crippen LogP contribution >= 0.6 is 0 Å². The van der Waals surface area contributed by atoms with E-state index in [9.17, 15) is 0 Å². The van der Waals surface area contributed by atoms with Crippen LogP contribution < -0.4 is 5.73 Å². The summed E-state index contributed by atoms with van der Waals surface area (Å²) in [4.78, 5) is 6.93. The molecule has 2 rings (SSSR count). The van der Waals surface area contributed by atoms with E-state index in [4.69, 9.17) is 10.7 Å². The molecule has 0 saturated carbocycles. The zero-order chi connectivity index (χ0) is 14.0. The molecule has 19 heavy (non-hydrogen) atoms. The summed E-state index contributed by atoms with van der Waals surface area (Å²) >= 11 is 0. The fraction of sp³-hybridized carbons (Fsp3) is 0.533. The molecule has 1 aromatic carbocycles. The van der Waals surface area contributed by atoms with E-state index in [0.29, 0.717) is 12.5 Å². The number of aromatic nitrogens is 2. The number of benzene rings is 1. The van der Waals surface area contributed by atoms with Gasteiger partial charge in [-0.3, -0.25) is 0 Å². The molecule has 0 saturated heterocycles. The van der Waals surface area contributed by atoms with Gasteiger partial charge in [0.05, 0.1) is 17.6 Å². The van der Waals surface area contributed by atoms with E-state index in [1.54, 1.807) is 0 Å². The van der Waals surface area contributed by atoms with Gasteiger partial charge in [-0.25, -0.2) is 4.98 Å². The van der Waals surface area contributed by atoms with E-state index in [1.807, 2.05) is 0 Å². The second-order valence-electron chi connectivity index (χ2n) is 5.80. The predicted octanol–water partition coefficient (Wildman–Crippen LogP) is 2.21. The molecule has 0 aliphatic carbocycles. The lowest BCUT2D eigenvalue weighted by molar-refractivity contribution is 0.375. The molecule has 0 aliphatic rings. The number of imidazole rings is 1. The van der Waals surface area contributed by atoms with Crippen LogP contribution in [0.3, 0.4) is 0 Å². The van der Waals surface area contributed by atoms with Crippen LogP contribution in [0, 0.1) is 5.92 Å². The average molecular weight is 260 g/mol. The maximum atomic E-state index is 5.70. The van der Waals surface area contributed by atoms with Crippen molar-refractivity contribution in [2.75, 3.05) is 14.1 Å². The Morgan fingerprint density at radius 1 is 1.32 bits per heavy atom. The van der Waals surface area contributed by atoms with Gasteiger partial charge >= 0.3 is 0 Å². The van der Waals surface area contributed by atoms with E-state index in [2.05, 4.69) is 55.6 Å². The summed E-state index contributed by atoms with van der Waals surface area (Å²) < 4.78 is 2.33. The van der Waals surface area contributed by atoms with Gasteiger partial charge < -0.3 is 15.2 Å². The molecule has 0 spiro atoms. The minimum absolute atomic E-state index is 0.565. The van der Waals surface area contributed by atoms with Crippen LogP contribution in [-0.2, 0) is 19.6 Å². The largest absolute Gasteiger partial charge is 0.327 e. The maximum absolute atomic E-state index is 5.70. The van der Waals surface area contributed by atoms with E-state index in [0.717, 1.165) is 30.0 Å². The minimum atomic E-state index is 0.565. The van der Waals surface area contributed by atoms with E-state index in [-0.39, 0.29) is 0 Å². The molecule has 0 aliphatic heterocycles. The third kappa shape index (κ3) is 3.14. The molecule has 0 bridgehead atoms. The van der Waals surface area contributed by atoms with Crippen LogP contribution in [0.25, 0.3) is 11.0 Å². The summed E-state index contributed by atoms with van der Waals surface area (Å²) in [7, 11) is 4.15. The van der Waals surface area contributed by atoms with Crippen LogP contribution in [0.15, 0.2) is 18.2 Å². The zero-order valence-corrected chi connectivity index (χ0v) is 12.3. The quantitative estimate of drug-likeness (QED) is 0.896. The number of fused-ring (bicyclic) bond motifs is 1. The van der Waals surface area contributed by atoms with Crippen molar-refractivity contribution in [3.8, 4) is 0 Å². The third-order valence-corrected chi connectivity index (χ3v) is 3.13. The lowest BCUT2D eigenvalue weighted by Gasteiger charge is -2.14. The Hall–Kier alpha value is -1.39. The Kier molecular flexibility index (Phi) is 4.22. The summed E-state index contributed by atoms with van der Waals surface area (Å²) in [5.74, 6) is 1.73. The van der Waals surface area contributed by atoms with E-state index in [1.165, 1.54) is 5.52 Å². The molecule has 4 heteroatoms. The van der Waals surface area contributed by atoms with Crippen LogP contribution in [0.4, 0.5) is 0 Å². The normalized spacial score (nSPS) is 11.9. The summed E-state index contributed by atoms with van der Waals surface area (Å²) in [6, 6.07) is 6.34. The van der Waals surface area contributed by atoms with Crippen molar-refractivity contribution in [1.82, 2.24) is 14.5 Å². The summed E-state index contributed by atoms with van der Waals surface area (Å²) in [5.41, 5.74) is 9.11. The average Bonchev–Trinajstić information content (AvgIpc) is 2.65. The van der Waals surface area contributed by atoms with Gasteiger partial charge in [0.2, 0.25) is 0 Å². The van der Waals surface area contributed by atoms with Gasteiger partial charge in [0.15, 0.2) is 0 Å². The summed E-state index contributed by atoms with van der Waals surface area (Å²) in [6.45, 7) is 6.90. The molecule has 0 atom stereocenters. The first-order valence-electron chi connectivity index (χ1n) is 6.84. The van der Waals surface area contributed by atoms with Gasteiger partial charge in [0.1, 0.15) is 5.82 Å². The number of hydrogen-bond acceptors (Lipinski definition) is 3. The molecule has 4 nitrogen and oxygen atoms in total. The number of hydrogen-bond donors (Lipinski definition) is 1. The zero-order valence-electron chi connectivity index (χ0n) is 12.3. The Bertz CT molecular complexity index is 555. The van der Waals surface area contributed by atoms with Crippen LogP contribution in [0.2, 0.25) is 0 Å². The second-order valence-corrected chi connectivity index (χ2v) is 5.80. The Morgan fingerprint density at radius 2 is 2.05 bits per heavy atom. The van der Waals surface area contributed by atoms with Gasteiger partial charge in [-0.2, -0.15) is 0 Å². The molecular weight excluding hydrogens is 236 g/mol. The SMILES string of the molecule is CC(C)Cn1c(CN(C)C)nc2cc(CN)ccc21. The van der Waals surface area contributed by atoms with Crippen molar-refractivity contribution >= 4 is 11.0 Å². The first kappa shape index (κ1) is 14.0. The number of nitrogens with two attached hydrogens (primary N) is 1. The molecule has 0 unspecified atom stereocenters. The van der Waals surface area contributed by atoms with E-state index < -0.39 is 0 Å². The summed E-state index contributed by atoms with van der Waals surface area (Å²) in [6.07, 6.45) is 0. The first-order chi connectivity index (χ1) is 9.01. The van der Waals surface area contributed by atoms with Gasteiger partial charge in [-0.05, 0) is 37.7 Å². The minimum Gasteiger partial charge on any atom is -0.327 e. The van der Waals surface area contributed by atoms with Crippen molar-refractivity contribution in [2.45, 2.75) is 33.5 Å². The fourth-order valence-electron chi connectivity index (χ4n) is 2.32. The highest BCUT2D eigenvalue weighted by Crippen LogP contribution is 2.20. The Balaban J connectivity index is 2.51. The smallest absolute Gasteiger partial charge is 0.124 e. The molecule has 0 amide bonds. The Morgan fingerprint density at radius 3 is 2.63 bits per heavy atom. The highest BCUT2D eigenvalue weighted by molar-refractivity contribution is 5.77. The van der Waals surface area contributed by atoms with Crippen LogP contribution in [0.1, 0.15) is 25.2 Å². The molecular formula is C15H24N4. The lowest BCUT2D eigenvalue weighted by Crippen LogP contribution is -2.17. The Labute approximate surface area is 115 Å². The van der Waals surface area contributed by atoms with Crippen LogP contribution in [0.5, 0.6) is 0 Å². The maximum Gasteiger partial charge on any atom is 0.124 e. The molecule has 2 aromatic rings. The molecule has 104 valence electrons. The lowest BCUT2D eigenvalue weighted by atomic mass is 10.2. The molecule has 1 aromatic heterocycles. The monoisotopic (exact) mass is 260 g/mol. The molecule has 1 heterocycles. The molecule has 0 fully saturated rings. The predicted molar refractivity (Wildman–Crippen MR) is 79.9 cm³/mol. The van der Waals surface area contributed by atoms with Crippen molar-refractivity contribution in [3.63, 3.8) is 0 Å². The van der Waals surface area contributed by atoms with Gasteiger partial charge in [0.25, 0.3) is 0 Å². The first-order valence-corrected chi connectivity index (χ1v) is 6.84. The molecule has 0 radical (unpaired) electrons. The van der Waals surface area contributed by atoms with Crippen molar-refractivity contribution < 1.29 is 0 Å². The summed E-state index contributed by atoms with van der Waals surface area (Å²) in [5, 5.41) is 0. The van der Waals surface area contributed by atoms with Gasteiger partial charge in [-0.1, -0.05) is 19.9 Å². The van der Waals surface area contributed by atoms with Crippen molar-refractivity contribution in [2.24, 2.45) is 11.7 Å². The standard InChI is InChI=1S/C15H24N4/c1-11(2)9-19-14-6-5-12(8-16)7-13(14)17-15(19)10-18(3)4/h5-7,11H,8-10,16H2,1-4H3. The van der Waals surface area contributed by atoms with E-state index >= 15 is 0 Å². The fourth-order valence-corrected chi connectivity index (χ4v) is 2.32. The van der Waals surface area contributed by atoms with Crippen molar-refractivity contribution in [1.29, 1.82) is 0 Å². The van der Waals surface area contributed by atoms with Crippen LogP contribution in [-0.4, -0.2) is 28.5 Å². The van der Waals surface area contributed by atoms with Crippen molar-refractivity contribution in [3.05, 3.63) is 29.6 Å². The highest BCUT2D eigenvalue weighted by atomic mass is 15.2. The number of rotatable bonds is 5. The topological polar surface area (TPSA) is 47.1 Å². The van der Waals surface area contributed by atoms with Gasteiger partial charge in [-0.15, -0.1) is 0 Å².